The summed E-state index contributed by atoms with van der Waals surface area (Å²) in [7, 11) is -4.26. The second kappa shape index (κ2) is 8.88. The lowest BCUT2D eigenvalue weighted by atomic mass is 9.86. The molecule has 1 saturated heterocycles. The molecule has 1 amide bonds. The standard InChI is InChI=1S/C25H22F3NO4S/c26-25(27,28)21-8-4-5-9-22(21)34(32,33)15-19-10-12-20(13-11-19)23(30)29-16-24(31,17-29)14-18-6-2-1-3-7-18/h1-13,31H,14-17H2. The number of amides is 1. The summed E-state index contributed by atoms with van der Waals surface area (Å²) >= 11 is 0. The van der Waals surface area contributed by atoms with Gasteiger partial charge in [-0.15, -0.1) is 0 Å². The molecule has 0 unspecified atom stereocenters. The first-order valence-corrected chi connectivity index (χ1v) is 12.2. The first-order chi connectivity index (χ1) is 16.0. The van der Waals surface area contributed by atoms with E-state index >= 15 is 0 Å². The van der Waals surface area contributed by atoms with Crippen molar-refractivity contribution in [3.05, 3.63) is 101 Å². The number of carbonyl (C=O) groups is 1. The van der Waals surface area contributed by atoms with E-state index in [-0.39, 0.29) is 24.6 Å². The molecule has 1 fully saturated rings. The van der Waals surface area contributed by atoms with Gasteiger partial charge >= 0.3 is 6.18 Å². The zero-order valence-electron chi connectivity index (χ0n) is 18.0. The molecular weight excluding hydrogens is 467 g/mol. The molecule has 1 N–H and O–H groups in total. The Hall–Kier alpha value is -3.17. The third-order valence-corrected chi connectivity index (χ3v) is 7.46. The third kappa shape index (κ3) is 5.15. The van der Waals surface area contributed by atoms with E-state index in [0.717, 1.165) is 23.8 Å². The Bertz CT molecular complexity index is 1280. The van der Waals surface area contributed by atoms with Gasteiger partial charge in [-0.1, -0.05) is 54.6 Å². The molecule has 5 nitrogen and oxygen atoms in total. The molecule has 0 saturated carbocycles. The minimum Gasteiger partial charge on any atom is -0.386 e. The Morgan fingerprint density at radius 3 is 2.09 bits per heavy atom. The summed E-state index contributed by atoms with van der Waals surface area (Å²) in [5, 5.41) is 10.6. The van der Waals surface area contributed by atoms with Crippen molar-refractivity contribution in [3.8, 4) is 0 Å². The predicted molar refractivity (Wildman–Crippen MR) is 120 cm³/mol. The summed E-state index contributed by atoms with van der Waals surface area (Å²) in [5.74, 6) is -0.940. The first-order valence-electron chi connectivity index (χ1n) is 10.5. The molecule has 178 valence electrons. The molecule has 0 radical (unpaired) electrons. The smallest absolute Gasteiger partial charge is 0.386 e. The third-order valence-electron chi connectivity index (χ3n) is 5.72. The number of nitrogens with zero attached hydrogens (tertiary/aromatic N) is 1. The van der Waals surface area contributed by atoms with Crippen LogP contribution in [0, 0.1) is 0 Å². The van der Waals surface area contributed by atoms with Gasteiger partial charge in [0.15, 0.2) is 9.84 Å². The molecule has 1 aliphatic rings. The van der Waals surface area contributed by atoms with E-state index in [1.165, 1.54) is 35.2 Å². The van der Waals surface area contributed by atoms with Crippen LogP contribution in [0.25, 0.3) is 0 Å². The summed E-state index contributed by atoms with van der Waals surface area (Å²) in [4.78, 5) is 13.4. The van der Waals surface area contributed by atoms with Crippen LogP contribution in [-0.4, -0.2) is 43.0 Å². The fourth-order valence-electron chi connectivity index (χ4n) is 4.09. The maximum absolute atomic E-state index is 13.2. The molecule has 3 aromatic rings. The van der Waals surface area contributed by atoms with Gasteiger partial charge in [0.05, 0.1) is 29.3 Å². The van der Waals surface area contributed by atoms with Crippen molar-refractivity contribution in [2.24, 2.45) is 0 Å². The van der Waals surface area contributed by atoms with Crippen LogP contribution < -0.4 is 0 Å². The van der Waals surface area contributed by atoms with E-state index in [4.69, 9.17) is 0 Å². The molecular formula is C25H22F3NO4S. The zero-order chi connectivity index (χ0) is 24.6. The topological polar surface area (TPSA) is 74.7 Å². The van der Waals surface area contributed by atoms with E-state index in [2.05, 4.69) is 0 Å². The van der Waals surface area contributed by atoms with E-state index in [9.17, 15) is 31.5 Å². The Morgan fingerprint density at radius 1 is 0.882 bits per heavy atom. The van der Waals surface area contributed by atoms with E-state index in [0.29, 0.717) is 12.0 Å². The molecule has 34 heavy (non-hydrogen) atoms. The van der Waals surface area contributed by atoms with Crippen molar-refractivity contribution >= 4 is 15.7 Å². The molecule has 0 spiro atoms. The van der Waals surface area contributed by atoms with Gasteiger partial charge in [-0.2, -0.15) is 13.2 Å². The number of hydrogen-bond donors (Lipinski definition) is 1. The van der Waals surface area contributed by atoms with E-state index in [1.807, 2.05) is 30.3 Å². The molecule has 1 heterocycles. The number of sulfone groups is 1. The monoisotopic (exact) mass is 489 g/mol. The van der Waals surface area contributed by atoms with E-state index in [1.54, 1.807) is 0 Å². The Labute approximate surface area is 195 Å². The number of rotatable bonds is 6. The number of alkyl halides is 3. The van der Waals surface area contributed by atoms with Crippen molar-refractivity contribution < 1.29 is 31.5 Å². The summed E-state index contributed by atoms with van der Waals surface area (Å²) in [5.41, 5.74) is -0.676. The molecule has 4 rings (SSSR count). The molecule has 1 aliphatic heterocycles. The predicted octanol–water partition coefficient (Wildman–Crippen LogP) is 4.11. The van der Waals surface area contributed by atoms with Crippen molar-refractivity contribution in [1.82, 2.24) is 4.90 Å². The van der Waals surface area contributed by atoms with Crippen LogP contribution in [-0.2, 0) is 28.2 Å². The van der Waals surface area contributed by atoms with Gasteiger partial charge in [-0.05, 0) is 35.4 Å². The van der Waals surface area contributed by atoms with Gasteiger partial charge in [-0.25, -0.2) is 8.42 Å². The lowest BCUT2D eigenvalue weighted by molar-refractivity contribution is -0.139. The van der Waals surface area contributed by atoms with Gasteiger partial charge in [0.2, 0.25) is 0 Å². The van der Waals surface area contributed by atoms with Crippen LogP contribution >= 0.6 is 0 Å². The van der Waals surface area contributed by atoms with Gasteiger partial charge in [0.25, 0.3) is 5.91 Å². The molecule has 0 aliphatic carbocycles. The minimum absolute atomic E-state index is 0.172. The van der Waals surface area contributed by atoms with Crippen molar-refractivity contribution in [1.29, 1.82) is 0 Å². The van der Waals surface area contributed by atoms with Gasteiger partial charge in [0.1, 0.15) is 5.60 Å². The Kier molecular flexibility index (Phi) is 6.26. The number of likely N-dealkylation sites (tertiary alicyclic amines) is 1. The van der Waals surface area contributed by atoms with Crippen LogP contribution in [0.2, 0.25) is 0 Å². The van der Waals surface area contributed by atoms with Crippen LogP contribution in [0.3, 0.4) is 0 Å². The maximum Gasteiger partial charge on any atom is 0.417 e. The number of hydrogen-bond acceptors (Lipinski definition) is 4. The molecule has 0 aromatic heterocycles. The molecule has 0 atom stereocenters. The van der Waals surface area contributed by atoms with E-state index < -0.39 is 37.8 Å². The second-order valence-electron chi connectivity index (χ2n) is 8.50. The van der Waals surface area contributed by atoms with Gasteiger partial charge in [0, 0.05) is 12.0 Å². The highest BCUT2D eigenvalue weighted by atomic mass is 32.2. The number of β-amino-alcohol motifs (C(OH)–C–C–N with tert-alkyl or cyclic N) is 1. The highest BCUT2D eigenvalue weighted by Gasteiger charge is 2.43. The maximum atomic E-state index is 13.2. The molecule has 3 aromatic carbocycles. The molecule has 0 bridgehead atoms. The quantitative estimate of drug-likeness (QED) is 0.566. The summed E-state index contributed by atoms with van der Waals surface area (Å²) in [6, 6.07) is 19.2. The minimum atomic E-state index is -4.79. The van der Waals surface area contributed by atoms with Gasteiger partial charge in [-0.3, -0.25) is 4.79 Å². The highest BCUT2D eigenvalue weighted by Crippen LogP contribution is 2.35. The van der Waals surface area contributed by atoms with Crippen LogP contribution in [0.1, 0.15) is 27.0 Å². The van der Waals surface area contributed by atoms with Crippen LogP contribution in [0.5, 0.6) is 0 Å². The Balaban J connectivity index is 1.42. The normalized spacial score (nSPS) is 15.6. The number of carbonyl (C=O) groups excluding carboxylic acids is 1. The average Bonchev–Trinajstić information content (AvgIpc) is 2.77. The van der Waals surface area contributed by atoms with Crippen molar-refractivity contribution in [2.45, 2.75) is 28.8 Å². The summed E-state index contributed by atoms with van der Waals surface area (Å²) < 4.78 is 65.0. The fourth-order valence-corrected chi connectivity index (χ4v) is 5.68. The summed E-state index contributed by atoms with van der Waals surface area (Å²) in [6.45, 7) is 0.343. The van der Waals surface area contributed by atoms with Crippen molar-refractivity contribution in [2.75, 3.05) is 13.1 Å². The summed E-state index contributed by atoms with van der Waals surface area (Å²) in [6.07, 6.45) is -4.37. The lowest BCUT2D eigenvalue weighted by Gasteiger charge is -2.46. The lowest BCUT2D eigenvalue weighted by Crippen LogP contribution is -2.64. The number of halogens is 3. The van der Waals surface area contributed by atoms with Crippen LogP contribution in [0.15, 0.2) is 83.8 Å². The first kappa shape index (κ1) is 24.0. The zero-order valence-corrected chi connectivity index (χ0v) is 18.8. The fraction of sp³-hybridized carbons (Fsp3) is 0.240. The SMILES string of the molecule is O=C(c1ccc(CS(=O)(=O)c2ccccc2C(F)(F)F)cc1)N1CC(O)(Cc2ccccc2)C1. The second-order valence-corrected chi connectivity index (χ2v) is 10.5. The van der Waals surface area contributed by atoms with Gasteiger partial charge < -0.3 is 10.0 Å². The molecule has 9 heteroatoms. The Morgan fingerprint density at radius 2 is 1.47 bits per heavy atom. The highest BCUT2D eigenvalue weighted by molar-refractivity contribution is 7.90. The number of aliphatic hydroxyl groups is 1. The average molecular weight is 490 g/mol. The number of benzene rings is 3. The largest absolute Gasteiger partial charge is 0.417 e. The van der Waals surface area contributed by atoms with Crippen molar-refractivity contribution in [3.63, 3.8) is 0 Å². The van der Waals surface area contributed by atoms with Crippen LogP contribution in [0.4, 0.5) is 13.2 Å².